The van der Waals surface area contributed by atoms with Crippen molar-refractivity contribution in [1.82, 2.24) is 0 Å². The molecule has 3 N–H and O–H groups in total. The fourth-order valence-electron chi connectivity index (χ4n) is 3.36. The lowest BCUT2D eigenvalue weighted by Gasteiger charge is -2.20. The van der Waals surface area contributed by atoms with Gasteiger partial charge in [0.2, 0.25) is 0 Å². The Morgan fingerprint density at radius 1 is 1.38 bits per heavy atom. The van der Waals surface area contributed by atoms with Crippen LogP contribution in [0.15, 0.2) is 30.0 Å². The Morgan fingerprint density at radius 2 is 2.12 bits per heavy atom. The monoisotopic (exact) mass is 384 g/mol. The first-order valence-electron chi connectivity index (χ1n) is 9.66. The van der Waals surface area contributed by atoms with Crippen LogP contribution in [0.25, 0.3) is 0 Å². The van der Waals surface area contributed by atoms with Crippen molar-refractivity contribution < 1.29 is 20.1 Å². The smallest absolute Gasteiger partial charge is 0.303 e. The van der Waals surface area contributed by atoms with Gasteiger partial charge in [-0.3, -0.25) is 4.79 Å². The van der Waals surface area contributed by atoms with Crippen LogP contribution in [0.3, 0.4) is 0 Å². The molecule has 5 heteroatoms. The second-order valence-corrected chi connectivity index (χ2v) is 7.86. The van der Waals surface area contributed by atoms with Gasteiger partial charge in [-0.2, -0.15) is 0 Å². The van der Waals surface area contributed by atoms with Crippen LogP contribution in [0, 0.1) is 17.8 Å². The van der Waals surface area contributed by atoms with Crippen molar-refractivity contribution in [2.45, 2.75) is 76.4 Å². The van der Waals surface area contributed by atoms with Crippen molar-refractivity contribution in [1.29, 1.82) is 0 Å². The van der Waals surface area contributed by atoms with Crippen molar-refractivity contribution >= 4 is 17.6 Å². The molecule has 1 aliphatic carbocycles. The zero-order valence-corrected chi connectivity index (χ0v) is 16.6. The number of carboxylic acids is 1. The van der Waals surface area contributed by atoms with Gasteiger partial charge in [-0.1, -0.05) is 38.8 Å². The molecule has 1 rings (SSSR count). The Hall–Kier alpha value is -1.06. The van der Waals surface area contributed by atoms with Gasteiger partial charge >= 0.3 is 5.97 Å². The Kier molecular flexibility index (Phi) is 10.9. The third-order valence-electron chi connectivity index (χ3n) is 5.12. The number of carbonyl (C=O) groups is 1. The van der Waals surface area contributed by atoms with Gasteiger partial charge in [0.15, 0.2) is 0 Å². The van der Waals surface area contributed by atoms with E-state index in [1.54, 1.807) is 6.08 Å². The number of allylic oxidation sites excluding steroid dienone is 1. The van der Waals surface area contributed by atoms with E-state index in [2.05, 4.69) is 12.7 Å². The van der Waals surface area contributed by atoms with Gasteiger partial charge in [-0.15, -0.1) is 17.3 Å². The van der Waals surface area contributed by atoms with Crippen molar-refractivity contribution in [2.75, 3.05) is 0 Å². The standard InChI is InChI=1S/C21H33ClO4/c1-3-4-9-15(2)19(23)13-12-17-16(18(22)14-20(17)24)10-7-5-6-8-11-21(25)26/h6-7,12-13,15-20,23-24H,3-4,8-11,14H2,1-2H3,(H,25,26)/b13-12+/t5?,15?,16-,17-,18-,19-,20-/m1/s1. The van der Waals surface area contributed by atoms with Gasteiger partial charge in [-0.05, 0) is 49.7 Å². The summed E-state index contributed by atoms with van der Waals surface area (Å²) in [6.45, 7) is 4.18. The van der Waals surface area contributed by atoms with Crippen LogP contribution in [0.2, 0.25) is 0 Å². The lowest BCUT2D eigenvalue weighted by Crippen LogP contribution is -2.20. The van der Waals surface area contributed by atoms with Crippen molar-refractivity contribution in [3.05, 3.63) is 30.0 Å². The summed E-state index contributed by atoms with van der Waals surface area (Å²) in [5.41, 5.74) is 3.00. The highest BCUT2D eigenvalue weighted by atomic mass is 35.5. The van der Waals surface area contributed by atoms with Gasteiger partial charge < -0.3 is 15.3 Å². The number of alkyl halides is 1. The van der Waals surface area contributed by atoms with Crippen molar-refractivity contribution in [3.63, 3.8) is 0 Å². The van der Waals surface area contributed by atoms with Crippen LogP contribution in [0.1, 0.15) is 58.8 Å². The molecule has 1 saturated carbocycles. The van der Waals surface area contributed by atoms with Gasteiger partial charge in [-0.25, -0.2) is 0 Å². The molecule has 0 amide bonds. The summed E-state index contributed by atoms with van der Waals surface area (Å²) < 4.78 is 0. The number of carboxylic acid groups (broad SMARTS) is 1. The quantitative estimate of drug-likeness (QED) is 0.282. The summed E-state index contributed by atoms with van der Waals surface area (Å²) in [7, 11) is 0. The van der Waals surface area contributed by atoms with E-state index < -0.39 is 18.2 Å². The number of halogens is 1. The average Bonchev–Trinajstić information content (AvgIpc) is 2.86. The van der Waals surface area contributed by atoms with Crippen LogP contribution in [0.5, 0.6) is 0 Å². The predicted octanol–water partition coefficient (Wildman–Crippen LogP) is 4.30. The zero-order chi connectivity index (χ0) is 19.5. The highest BCUT2D eigenvalue weighted by Gasteiger charge is 2.39. The zero-order valence-electron chi connectivity index (χ0n) is 15.9. The molecule has 1 aliphatic rings. The molecule has 0 spiro atoms. The van der Waals surface area contributed by atoms with Crippen LogP contribution in [0.4, 0.5) is 0 Å². The SMILES string of the molecule is CCCCC(C)[C@H](O)/C=C/[C@@H]1[C@@H](CC=C=CCCC(=O)O)[C@H](Cl)C[C@H]1O. The normalized spacial score (nSPS) is 27.9. The second-order valence-electron chi connectivity index (χ2n) is 7.30. The maximum absolute atomic E-state index is 10.5. The fraction of sp³-hybridized carbons (Fsp3) is 0.714. The molecule has 148 valence electrons. The molecule has 0 radical (unpaired) electrons. The first-order chi connectivity index (χ1) is 12.4. The first-order valence-corrected chi connectivity index (χ1v) is 10.1. The molecule has 0 heterocycles. The molecule has 0 bridgehead atoms. The number of aliphatic carboxylic acids is 1. The number of aliphatic hydroxyl groups excluding tert-OH is 2. The van der Waals surface area contributed by atoms with Crippen LogP contribution >= 0.6 is 11.6 Å². The van der Waals surface area contributed by atoms with E-state index in [0.29, 0.717) is 19.3 Å². The predicted molar refractivity (Wildman–Crippen MR) is 105 cm³/mol. The summed E-state index contributed by atoms with van der Waals surface area (Å²) in [6.07, 6.45) is 11.3. The minimum atomic E-state index is -0.820. The summed E-state index contributed by atoms with van der Waals surface area (Å²) in [5.74, 6) is -0.615. The van der Waals surface area contributed by atoms with E-state index in [0.717, 1.165) is 19.3 Å². The van der Waals surface area contributed by atoms with Gasteiger partial charge in [0, 0.05) is 17.7 Å². The molecular weight excluding hydrogens is 352 g/mol. The lowest BCUT2D eigenvalue weighted by molar-refractivity contribution is -0.136. The number of rotatable bonds is 11. The average molecular weight is 385 g/mol. The first kappa shape index (κ1) is 23.0. The van der Waals surface area contributed by atoms with E-state index in [4.69, 9.17) is 16.7 Å². The second kappa shape index (κ2) is 12.3. The van der Waals surface area contributed by atoms with E-state index >= 15 is 0 Å². The summed E-state index contributed by atoms with van der Waals surface area (Å²) in [5, 5.41) is 29.1. The van der Waals surface area contributed by atoms with E-state index in [9.17, 15) is 15.0 Å². The minimum absolute atomic E-state index is 0.0809. The molecule has 0 saturated heterocycles. The van der Waals surface area contributed by atoms with Crippen LogP contribution in [-0.4, -0.2) is 38.9 Å². The molecule has 6 atom stereocenters. The number of aliphatic hydroxyl groups is 2. The maximum atomic E-state index is 10.5. The van der Waals surface area contributed by atoms with Gasteiger partial charge in [0.05, 0.1) is 12.2 Å². The minimum Gasteiger partial charge on any atom is -0.481 e. The third kappa shape index (κ3) is 8.09. The van der Waals surface area contributed by atoms with E-state index in [1.165, 1.54) is 0 Å². The van der Waals surface area contributed by atoms with Crippen LogP contribution < -0.4 is 0 Å². The number of unbranched alkanes of at least 4 members (excludes halogenated alkanes) is 1. The summed E-state index contributed by atoms with van der Waals surface area (Å²) in [4.78, 5) is 10.5. The van der Waals surface area contributed by atoms with Crippen LogP contribution in [-0.2, 0) is 4.79 Å². The molecule has 1 fully saturated rings. The summed E-state index contributed by atoms with van der Waals surface area (Å²) >= 11 is 6.40. The molecule has 1 unspecified atom stereocenters. The molecule has 0 aliphatic heterocycles. The Labute approximate surface area is 162 Å². The summed E-state index contributed by atoms with van der Waals surface area (Å²) in [6, 6.07) is 0. The number of hydrogen-bond acceptors (Lipinski definition) is 3. The van der Waals surface area contributed by atoms with Crippen molar-refractivity contribution in [2.24, 2.45) is 17.8 Å². The van der Waals surface area contributed by atoms with Gasteiger partial charge in [0.1, 0.15) is 0 Å². The van der Waals surface area contributed by atoms with Gasteiger partial charge in [0.25, 0.3) is 0 Å². The van der Waals surface area contributed by atoms with E-state index in [-0.39, 0.29) is 29.6 Å². The fourth-order valence-corrected chi connectivity index (χ4v) is 3.81. The maximum Gasteiger partial charge on any atom is 0.303 e. The van der Waals surface area contributed by atoms with E-state index in [1.807, 2.05) is 25.2 Å². The Morgan fingerprint density at radius 3 is 2.77 bits per heavy atom. The molecular formula is C21H33ClO4. The number of hydrogen-bond donors (Lipinski definition) is 3. The molecule has 4 nitrogen and oxygen atoms in total. The molecule has 0 aromatic heterocycles. The van der Waals surface area contributed by atoms with Crippen molar-refractivity contribution in [3.8, 4) is 0 Å². The largest absolute Gasteiger partial charge is 0.481 e. The molecule has 0 aromatic rings. The molecule has 26 heavy (non-hydrogen) atoms. The lowest BCUT2D eigenvalue weighted by atomic mass is 9.89. The topological polar surface area (TPSA) is 77.8 Å². The molecule has 0 aromatic carbocycles. The highest BCUT2D eigenvalue weighted by Crippen LogP contribution is 2.39. The Balaban J connectivity index is 2.62. The third-order valence-corrected chi connectivity index (χ3v) is 5.63. The Bertz CT molecular complexity index is 510. The highest BCUT2D eigenvalue weighted by molar-refractivity contribution is 6.21.